The quantitative estimate of drug-likeness (QED) is 0.673. The van der Waals surface area contributed by atoms with Gasteiger partial charge in [0.2, 0.25) is 0 Å². The molecule has 0 aromatic carbocycles. The van der Waals surface area contributed by atoms with Crippen LogP contribution in [0.1, 0.15) is 53.4 Å². The minimum absolute atomic E-state index is 0.371. The predicted octanol–water partition coefficient (Wildman–Crippen LogP) is 3.67. The first-order valence-electron chi connectivity index (χ1n) is 6.01. The highest BCUT2D eigenvalue weighted by atomic mass is 16.1. The lowest BCUT2D eigenvalue weighted by Crippen LogP contribution is -2.26. The van der Waals surface area contributed by atoms with E-state index in [9.17, 15) is 4.79 Å². The Balaban J connectivity index is 2.46. The third-order valence-electron chi connectivity index (χ3n) is 3.24. The second-order valence-corrected chi connectivity index (χ2v) is 5.68. The van der Waals surface area contributed by atoms with Crippen molar-refractivity contribution in [2.24, 2.45) is 23.7 Å². The molecule has 1 saturated carbocycles. The van der Waals surface area contributed by atoms with Crippen LogP contribution in [0.4, 0.5) is 0 Å². The molecule has 0 radical (unpaired) electrons. The first-order valence-corrected chi connectivity index (χ1v) is 6.01. The van der Waals surface area contributed by atoms with Crippen molar-refractivity contribution < 1.29 is 4.79 Å². The van der Waals surface area contributed by atoms with Gasteiger partial charge in [-0.2, -0.15) is 0 Å². The highest BCUT2D eigenvalue weighted by molar-refractivity contribution is 5.81. The van der Waals surface area contributed by atoms with Crippen LogP contribution in [0.25, 0.3) is 0 Å². The molecule has 0 spiro atoms. The summed E-state index contributed by atoms with van der Waals surface area (Å²) in [4.78, 5) is 11.9. The summed E-state index contributed by atoms with van der Waals surface area (Å²) in [6.45, 7) is 8.83. The Morgan fingerprint density at radius 2 is 1.64 bits per heavy atom. The van der Waals surface area contributed by atoms with E-state index in [0.29, 0.717) is 17.6 Å². The molecule has 2 unspecified atom stereocenters. The maximum absolute atomic E-state index is 11.9. The second-order valence-electron chi connectivity index (χ2n) is 5.68. The first kappa shape index (κ1) is 11.7. The normalized spacial score (nSPS) is 33.4. The summed E-state index contributed by atoms with van der Waals surface area (Å²) >= 11 is 0. The van der Waals surface area contributed by atoms with Gasteiger partial charge in [0.05, 0.1) is 0 Å². The third kappa shape index (κ3) is 3.43. The van der Waals surface area contributed by atoms with Crippen LogP contribution < -0.4 is 0 Å². The van der Waals surface area contributed by atoms with Crippen LogP contribution in [-0.2, 0) is 4.79 Å². The summed E-state index contributed by atoms with van der Waals surface area (Å²) in [7, 11) is 0. The minimum Gasteiger partial charge on any atom is -0.299 e. The Kier molecular flexibility index (Phi) is 4.15. The van der Waals surface area contributed by atoms with E-state index in [1.807, 2.05) is 0 Å². The van der Waals surface area contributed by atoms with Crippen molar-refractivity contribution in [3.8, 4) is 0 Å². The minimum atomic E-state index is 0.371. The van der Waals surface area contributed by atoms with Gasteiger partial charge in [0.1, 0.15) is 5.78 Å². The maximum atomic E-state index is 11.9. The van der Waals surface area contributed by atoms with Crippen molar-refractivity contribution in [3.05, 3.63) is 0 Å². The van der Waals surface area contributed by atoms with E-state index in [1.54, 1.807) is 0 Å². The lowest BCUT2D eigenvalue weighted by Gasteiger charge is -2.30. The fourth-order valence-electron chi connectivity index (χ4n) is 2.78. The number of carbonyl (C=O) groups excluding carboxylic acids is 1. The molecule has 1 heteroatoms. The molecule has 0 aromatic heterocycles. The summed E-state index contributed by atoms with van der Waals surface area (Å²) in [5.41, 5.74) is 0. The van der Waals surface area contributed by atoms with E-state index in [4.69, 9.17) is 0 Å². The van der Waals surface area contributed by atoms with Crippen LogP contribution in [0.15, 0.2) is 0 Å². The second kappa shape index (κ2) is 4.95. The lowest BCUT2D eigenvalue weighted by atomic mass is 9.74. The molecule has 0 heterocycles. The zero-order chi connectivity index (χ0) is 10.7. The van der Waals surface area contributed by atoms with Gasteiger partial charge in [0.15, 0.2) is 0 Å². The van der Waals surface area contributed by atoms with E-state index >= 15 is 0 Å². The molecule has 0 N–H and O–H groups in total. The molecule has 0 amide bonds. The molecule has 1 fully saturated rings. The summed E-state index contributed by atoms with van der Waals surface area (Å²) in [6.07, 6.45) is 4.36. The van der Waals surface area contributed by atoms with Gasteiger partial charge >= 0.3 is 0 Å². The third-order valence-corrected chi connectivity index (χ3v) is 3.24. The van der Waals surface area contributed by atoms with E-state index < -0.39 is 0 Å². The molecular weight excluding hydrogens is 172 g/mol. The van der Waals surface area contributed by atoms with Crippen LogP contribution in [0.5, 0.6) is 0 Å². The number of carbonyl (C=O) groups is 1. The Bertz CT molecular complexity index is 185. The van der Waals surface area contributed by atoms with Gasteiger partial charge in [-0.3, -0.25) is 4.79 Å². The van der Waals surface area contributed by atoms with Crippen molar-refractivity contribution >= 4 is 5.78 Å². The molecule has 2 atom stereocenters. The average Bonchev–Trinajstić information content (AvgIpc) is 2.00. The maximum Gasteiger partial charge on any atom is 0.136 e. The Labute approximate surface area is 88.3 Å². The van der Waals surface area contributed by atoms with Crippen LogP contribution in [0.2, 0.25) is 0 Å². The van der Waals surface area contributed by atoms with Gasteiger partial charge in [-0.05, 0) is 37.0 Å². The highest BCUT2D eigenvalue weighted by Crippen LogP contribution is 2.34. The van der Waals surface area contributed by atoms with Gasteiger partial charge < -0.3 is 0 Å². The van der Waals surface area contributed by atoms with Crippen LogP contribution in [-0.4, -0.2) is 5.78 Å². The van der Waals surface area contributed by atoms with Gasteiger partial charge in [0.25, 0.3) is 0 Å². The van der Waals surface area contributed by atoms with Crippen molar-refractivity contribution in [2.75, 3.05) is 0 Å². The topological polar surface area (TPSA) is 17.1 Å². The van der Waals surface area contributed by atoms with Gasteiger partial charge in [0, 0.05) is 12.3 Å². The van der Waals surface area contributed by atoms with Gasteiger partial charge in [-0.15, -0.1) is 0 Å². The molecular formula is C13H24O. The first-order chi connectivity index (χ1) is 6.49. The molecule has 0 bridgehead atoms. The van der Waals surface area contributed by atoms with E-state index in [0.717, 1.165) is 31.1 Å². The number of hydrogen-bond donors (Lipinski definition) is 0. The SMILES string of the molecule is CC(C)CC(=O)C1CC(C)CC(C)C1. The van der Waals surface area contributed by atoms with E-state index in [-0.39, 0.29) is 0 Å². The van der Waals surface area contributed by atoms with Gasteiger partial charge in [-0.25, -0.2) is 0 Å². The standard InChI is InChI=1S/C13H24O/c1-9(2)5-13(14)12-7-10(3)6-11(4)8-12/h9-12H,5-8H2,1-4H3. The van der Waals surface area contributed by atoms with Crippen LogP contribution in [0, 0.1) is 23.7 Å². The molecule has 0 saturated heterocycles. The largest absolute Gasteiger partial charge is 0.299 e. The van der Waals surface area contributed by atoms with Crippen molar-refractivity contribution in [2.45, 2.75) is 53.4 Å². The Hall–Kier alpha value is -0.330. The van der Waals surface area contributed by atoms with Crippen molar-refractivity contribution in [1.82, 2.24) is 0 Å². The molecule has 1 rings (SSSR count). The number of Topliss-reactive ketones (excluding diaryl/α,β-unsaturated/α-hetero) is 1. The van der Waals surface area contributed by atoms with E-state index in [2.05, 4.69) is 27.7 Å². The number of ketones is 1. The van der Waals surface area contributed by atoms with Crippen molar-refractivity contribution in [1.29, 1.82) is 0 Å². The monoisotopic (exact) mass is 196 g/mol. The van der Waals surface area contributed by atoms with Crippen LogP contribution in [0.3, 0.4) is 0 Å². The Morgan fingerprint density at radius 3 is 2.07 bits per heavy atom. The highest BCUT2D eigenvalue weighted by Gasteiger charge is 2.28. The van der Waals surface area contributed by atoms with E-state index in [1.165, 1.54) is 6.42 Å². The summed E-state index contributed by atoms with van der Waals surface area (Å²) in [5, 5.41) is 0. The molecule has 82 valence electrons. The molecule has 1 nitrogen and oxygen atoms in total. The summed E-state index contributed by atoms with van der Waals surface area (Å²) in [6, 6.07) is 0. The predicted molar refractivity (Wildman–Crippen MR) is 60.1 cm³/mol. The molecule has 0 aliphatic heterocycles. The van der Waals surface area contributed by atoms with Crippen molar-refractivity contribution in [3.63, 3.8) is 0 Å². The smallest absolute Gasteiger partial charge is 0.136 e. The zero-order valence-corrected chi connectivity index (χ0v) is 10.0. The summed E-state index contributed by atoms with van der Waals surface area (Å²) < 4.78 is 0. The fourth-order valence-corrected chi connectivity index (χ4v) is 2.78. The Morgan fingerprint density at radius 1 is 1.14 bits per heavy atom. The molecule has 1 aliphatic carbocycles. The molecule has 1 aliphatic rings. The lowest BCUT2D eigenvalue weighted by molar-refractivity contribution is -0.125. The van der Waals surface area contributed by atoms with Crippen LogP contribution >= 0.6 is 0 Å². The zero-order valence-electron chi connectivity index (χ0n) is 10.0. The molecule has 14 heavy (non-hydrogen) atoms. The van der Waals surface area contributed by atoms with Gasteiger partial charge in [-0.1, -0.05) is 27.7 Å². The number of hydrogen-bond acceptors (Lipinski definition) is 1. The fraction of sp³-hybridized carbons (Fsp3) is 0.923. The summed E-state index contributed by atoms with van der Waals surface area (Å²) in [5.74, 6) is 2.91. The average molecular weight is 196 g/mol. The number of rotatable bonds is 3. The molecule has 0 aromatic rings.